The number of carbonyl (C=O) groups excluding carboxylic acids is 2. The summed E-state index contributed by atoms with van der Waals surface area (Å²) in [5.41, 5.74) is 0. The molecule has 0 spiro atoms. The molecule has 0 aliphatic rings. The molecular weight excluding hydrogens is 651 g/mol. The monoisotopic (exact) mass is 716 g/mol. The molecule has 1 unspecified atom stereocenters. The second kappa shape index (κ2) is 35.8. The molecule has 50 heavy (non-hydrogen) atoms. The van der Waals surface area contributed by atoms with Crippen LogP contribution in [0, 0.1) is 0 Å². The van der Waals surface area contributed by atoms with Crippen molar-refractivity contribution in [1.82, 2.24) is 0 Å². The van der Waals surface area contributed by atoms with Gasteiger partial charge in [-0.25, -0.2) is 4.57 Å². The highest BCUT2D eigenvalue weighted by molar-refractivity contribution is 7.46. The van der Waals surface area contributed by atoms with Gasteiger partial charge >= 0.3 is 19.8 Å². The summed E-state index contributed by atoms with van der Waals surface area (Å²) in [6.07, 6.45) is 48.6. The molecule has 0 heterocycles. The van der Waals surface area contributed by atoms with Crippen molar-refractivity contribution >= 4 is 19.8 Å². The third-order valence-corrected chi connectivity index (χ3v) is 7.71. The molecule has 0 amide bonds. The molecule has 0 aliphatic carbocycles. The van der Waals surface area contributed by atoms with E-state index in [1.807, 2.05) is 54.7 Å². The number of phosphoric acid groups is 1. The van der Waals surface area contributed by atoms with Gasteiger partial charge < -0.3 is 19.3 Å². The molecule has 0 radical (unpaired) electrons. The van der Waals surface area contributed by atoms with Gasteiger partial charge in [-0.05, 0) is 57.8 Å². The number of esters is 2. The third-order valence-electron chi connectivity index (χ3n) is 7.23. The maximum absolute atomic E-state index is 12.3. The van der Waals surface area contributed by atoms with E-state index in [9.17, 15) is 14.2 Å². The van der Waals surface area contributed by atoms with Crippen molar-refractivity contribution in [1.29, 1.82) is 0 Å². The first-order chi connectivity index (χ1) is 24.3. The lowest BCUT2D eigenvalue weighted by atomic mass is 10.1. The average Bonchev–Trinajstić information content (AvgIpc) is 3.08. The van der Waals surface area contributed by atoms with Gasteiger partial charge in [-0.15, -0.1) is 0 Å². The van der Waals surface area contributed by atoms with Gasteiger partial charge in [-0.3, -0.25) is 14.1 Å². The topological polar surface area (TPSA) is 119 Å². The number of hydrogen-bond acceptors (Lipinski definition) is 6. The smallest absolute Gasteiger partial charge is 0.462 e. The minimum Gasteiger partial charge on any atom is -0.462 e. The predicted octanol–water partition coefficient (Wildman–Crippen LogP) is 11.1. The standard InChI is InChI=1S/C41H65O8P/c1-3-5-7-9-11-13-15-17-18-19-20-21-22-24-25-27-29-31-33-35-40(42)47-37-39(38-48-50(44,45)46)49-41(43)36-34-32-30-28-26-23-16-14-12-10-8-6-4-2/h5-8,10-14,16-18,23,26,28,30,39H,3-4,9,15,19-22,24-25,27,29,31-38H2,1-2H3,(H2,44,45,46)/b7-5+,8-6+,12-10+,13-11+,16-14+,18-17+,26-23+,30-28+. The molecule has 1 atom stereocenters. The van der Waals surface area contributed by atoms with E-state index >= 15 is 0 Å². The Bertz CT molecular complexity index is 1120. The summed E-state index contributed by atoms with van der Waals surface area (Å²) in [4.78, 5) is 42.6. The number of carbonyl (C=O) groups is 2. The molecule has 0 rings (SSSR count). The van der Waals surface area contributed by atoms with Gasteiger partial charge in [0.2, 0.25) is 0 Å². The molecule has 0 aromatic heterocycles. The zero-order valence-electron chi connectivity index (χ0n) is 30.7. The molecule has 0 bridgehead atoms. The van der Waals surface area contributed by atoms with Crippen LogP contribution in [0.15, 0.2) is 97.2 Å². The summed E-state index contributed by atoms with van der Waals surface area (Å²) in [7, 11) is -4.78. The van der Waals surface area contributed by atoms with Crippen LogP contribution in [0.5, 0.6) is 0 Å². The summed E-state index contributed by atoms with van der Waals surface area (Å²) in [6, 6.07) is 0. The Morgan fingerprint density at radius 1 is 0.540 bits per heavy atom. The van der Waals surface area contributed by atoms with Crippen LogP contribution in [-0.4, -0.2) is 41.0 Å². The van der Waals surface area contributed by atoms with Gasteiger partial charge in [0.1, 0.15) is 6.61 Å². The van der Waals surface area contributed by atoms with Crippen molar-refractivity contribution in [3.63, 3.8) is 0 Å². The van der Waals surface area contributed by atoms with Gasteiger partial charge in [0.25, 0.3) is 0 Å². The molecule has 0 saturated carbocycles. The highest BCUT2D eigenvalue weighted by atomic mass is 31.2. The first kappa shape index (κ1) is 47.0. The summed E-state index contributed by atoms with van der Waals surface area (Å²) >= 11 is 0. The largest absolute Gasteiger partial charge is 0.469 e. The minimum absolute atomic E-state index is 0.109. The quantitative estimate of drug-likeness (QED) is 0.0232. The fourth-order valence-electron chi connectivity index (χ4n) is 4.53. The van der Waals surface area contributed by atoms with E-state index in [-0.39, 0.29) is 19.4 Å². The Kier molecular flexibility index (Phi) is 33.6. The highest BCUT2D eigenvalue weighted by Gasteiger charge is 2.22. The Morgan fingerprint density at radius 2 is 1.02 bits per heavy atom. The van der Waals surface area contributed by atoms with E-state index in [1.54, 1.807) is 0 Å². The number of allylic oxidation sites excluding steroid dienone is 16. The molecule has 0 aromatic rings. The van der Waals surface area contributed by atoms with Crippen molar-refractivity contribution < 1.29 is 37.9 Å². The van der Waals surface area contributed by atoms with Crippen molar-refractivity contribution in [3.05, 3.63) is 97.2 Å². The van der Waals surface area contributed by atoms with E-state index < -0.39 is 32.5 Å². The number of ether oxygens (including phenoxy) is 2. The van der Waals surface area contributed by atoms with Crippen LogP contribution in [-0.2, 0) is 28.2 Å². The number of rotatable bonds is 32. The lowest BCUT2D eigenvalue weighted by molar-refractivity contribution is -0.161. The van der Waals surface area contributed by atoms with Crippen LogP contribution in [0.3, 0.4) is 0 Å². The van der Waals surface area contributed by atoms with Crippen LogP contribution in [0.1, 0.15) is 129 Å². The van der Waals surface area contributed by atoms with Crippen LogP contribution < -0.4 is 0 Å². The summed E-state index contributed by atoms with van der Waals surface area (Å²) in [5, 5.41) is 0. The zero-order valence-corrected chi connectivity index (χ0v) is 31.6. The van der Waals surface area contributed by atoms with Gasteiger partial charge in [0.15, 0.2) is 6.10 Å². The minimum atomic E-state index is -4.78. The summed E-state index contributed by atoms with van der Waals surface area (Å²) in [6.45, 7) is 3.34. The van der Waals surface area contributed by atoms with Gasteiger partial charge in [-0.2, -0.15) is 0 Å². The van der Waals surface area contributed by atoms with Crippen molar-refractivity contribution in [2.75, 3.05) is 13.2 Å². The Labute approximate surface area is 303 Å². The normalized spacial score (nSPS) is 13.6. The number of phosphoric ester groups is 1. The van der Waals surface area contributed by atoms with Crippen molar-refractivity contribution in [2.45, 2.75) is 136 Å². The second-order valence-electron chi connectivity index (χ2n) is 11.9. The Balaban J connectivity index is 4.06. The lowest BCUT2D eigenvalue weighted by Gasteiger charge is -2.18. The molecule has 282 valence electrons. The fraction of sp³-hybridized carbons (Fsp3) is 0.561. The maximum Gasteiger partial charge on any atom is 0.469 e. The lowest BCUT2D eigenvalue weighted by Crippen LogP contribution is -2.29. The van der Waals surface area contributed by atoms with Crippen molar-refractivity contribution in [2.24, 2.45) is 0 Å². The third kappa shape index (κ3) is 37.8. The van der Waals surface area contributed by atoms with E-state index in [0.717, 1.165) is 51.4 Å². The molecule has 0 saturated heterocycles. The van der Waals surface area contributed by atoms with Crippen LogP contribution in [0.25, 0.3) is 0 Å². The number of hydrogen-bond donors (Lipinski definition) is 2. The fourth-order valence-corrected chi connectivity index (χ4v) is 4.89. The molecular formula is C41H65O8P. The van der Waals surface area contributed by atoms with E-state index in [4.69, 9.17) is 19.3 Å². The molecule has 2 N–H and O–H groups in total. The van der Waals surface area contributed by atoms with Crippen LogP contribution >= 0.6 is 7.82 Å². The molecule has 0 fully saturated rings. The zero-order chi connectivity index (χ0) is 36.8. The van der Waals surface area contributed by atoms with Crippen LogP contribution in [0.2, 0.25) is 0 Å². The van der Waals surface area contributed by atoms with Gasteiger partial charge in [0, 0.05) is 12.8 Å². The van der Waals surface area contributed by atoms with E-state index in [2.05, 4.69) is 60.9 Å². The summed E-state index contributed by atoms with van der Waals surface area (Å²) < 4.78 is 26.2. The van der Waals surface area contributed by atoms with Crippen LogP contribution in [0.4, 0.5) is 0 Å². The van der Waals surface area contributed by atoms with Gasteiger partial charge in [0.05, 0.1) is 6.61 Å². The second-order valence-corrected chi connectivity index (χ2v) is 13.1. The first-order valence-electron chi connectivity index (χ1n) is 18.6. The first-order valence-corrected chi connectivity index (χ1v) is 20.1. The Morgan fingerprint density at radius 3 is 1.62 bits per heavy atom. The summed E-state index contributed by atoms with van der Waals surface area (Å²) in [5.74, 6) is -0.989. The molecule has 0 aromatic carbocycles. The molecule has 0 aliphatic heterocycles. The van der Waals surface area contributed by atoms with Gasteiger partial charge in [-0.1, -0.05) is 156 Å². The molecule has 9 heteroatoms. The molecule has 8 nitrogen and oxygen atoms in total. The van der Waals surface area contributed by atoms with Crippen molar-refractivity contribution in [3.8, 4) is 0 Å². The van der Waals surface area contributed by atoms with E-state index in [1.165, 1.54) is 32.1 Å². The SMILES string of the molecule is CC/C=C/C=C/C=C/C=C/C=C/CCCC(=O)OC(COC(=O)CCCCCCCCCCC/C=C/C/C=C/C/C=C/CC)COP(=O)(O)O. The van der Waals surface area contributed by atoms with E-state index in [0.29, 0.717) is 19.3 Å². The Hall–Kier alpha value is -3.03. The predicted molar refractivity (Wildman–Crippen MR) is 206 cm³/mol. The highest BCUT2D eigenvalue weighted by Crippen LogP contribution is 2.35. The average molecular weight is 717 g/mol. The maximum atomic E-state index is 12.3. The number of unbranched alkanes of at least 4 members (excludes halogenated alkanes) is 10.